The van der Waals surface area contributed by atoms with Crippen molar-refractivity contribution in [3.05, 3.63) is 65.5 Å². The van der Waals surface area contributed by atoms with Gasteiger partial charge in [-0.2, -0.15) is 0 Å². The molecule has 0 aromatic heterocycles. The summed E-state index contributed by atoms with van der Waals surface area (Å²) in [4.78, 5) is 10.6. The molecule has 0 fully saturated rings. The van der Waals surface area contributed by atoms with Gasteiger partial charge in [0.15, 0.2) is 0 Å². The van der Waals surface area contributed by atoms with Crippen molar-refractivity contribution in [2.75, 3.05) is 0 Å². The van der Waals surface area contributed by atoms with Crippen molar-refractivity contribution in [1.82, 2.24) is 0 Å². The number of benzene rings is 2. The van der Waals surface area contributed by atoms with Gasteiger partial charge in [0.1, 0.15) is 24.5 Å². The standard InChI is InChI=1S/C14H11FO2/c15-13-6-4-11(5-7-13)10-17-14-3-1-2-12(8-14)9-16/h1-9H,10H2. The predicted octanol–water partition coefficient (Wildman–Crippen LogP) is 3.22. The van der Waals surface area contributed by atoms with Crippen LogP contribution in [0.15, 0.2) is 48.5 Å². The van der Waals surface area contributed by atoms with Crippen molar-refractivity contribution in [2.45, 2.75) is 6.61 Å². The molecule has 0 aliphatic carbocycles. The summed E-state index contributed by atoms with van der Waals surface area (Å²) < 4.78 is 18.2. The third kappa shape index (κ3) is 3.14. The largest absolute Gasteiger partial charge is 0.489 e. The Morgan fingerprint density at radius 3 is 2.59 bits per heavy atom. The second-order valence-corrected chi connectivity index (χ2v) is 3.61. The summed E-state index contributed by atoms with van der Waals surface area (Å²) in [6.07, 6.45) is 0.769. The van der Waals surface area contributed by atoms with Gasteiger partial charge in [-0.05, 0) is 29.8 Å². The van der Waals surface area contributed by atoms with Crippen LogP contribution in [0.5, 0.6) is 5.75 Å². The molecule has 0 aliphatic heterocycles. The van der Waals surface area contributed by atoms with Gasteiger partial charge >= 0.3 is 0 Å². The molecule has 0 saturated carbocycles. The fourth-order valence-corrected chi connectivity index (χ4v) is 1.42. The van der Waals surface area contributed by atoms with E-state index in [-0.39, 0.29) is 5.82 Å². The molecule has 0 aliphatic rings. The van der Waals surface area contributed by atoms with E-state index in [1.165, 1.54) is 12.1 Å². The first kappa shape index (κ1) is 11.3. The van der Waals surface area contributed by atoms with Crippen molar-refractivity contribution in [3.63, 3.8) is 0 Å². The Bertz CT molecular complexity index is 506. The Kier molecular flexibility index (Phi) is 3.50. The fourth-order valence-electron chi connectivity index (χ4n) is 1.42. The van der Waals surface area contributed by atoms with Crippen molar-refractivity contribution in [1.29, 1.82) is 0 Å². The average molecular weight is 230 g/mol. The molecule has 2 aromatic carbocycles. The monoisotopic (exact) mass is 230 g/mol. The number of hydrogen-bond donors (Lipinski definition) is 0. The Morgan fingerprint density at radius 1 is 1.12 bits per heavy atom. The van der Waals surface area contributed by atoms with E-state index in [1.54, 1.807) is 36.4 Å². The minimum absolute atomic E-state index is 0.267. The Morgan fingerprint density at radius 2 is 1.88 bits per heavy atom. The number of rotatable bonds is 4. The third-order valence-electron chi connectivity index (χ3n) is 2.31. The van der Waals surface area contributed by atoms with Gasteiger partial charge in [-0.1, -0.05) is 24.3 Å². The van der Waals surface area contributed by atoms with Gasteiger partial charge < -0.3 is 4.74 Å². The number of carbonyl (C=O) groups excluding carboxylic acids is 1. The zero-order chi connectivity index (χ0) is 12.1. The molecule has 0 atom stereocenters. The SMILES string of the molecule is O=Cc1cccc(OCc2ccc(F)cc2)c1. The van der Waals surface area contributed by atoms with Gasteiger partial charge in [-0.15, -0.1) is 0 Å². The second-order valence-electron chi connectivity index (χ2n) is 3.61. The third-order valence-corrected chi connectivity index (χ3v) is 2.31. The first-order valence-electron chi connectivity index (χ1n) is 5.20. The maximum atomic E-state index is 12.7. The van der Waals surface area contributed by atoms with Crippen molar-refractivity contribution in [3.8, 4) is 5.75 Å². The highest BCUT2D eigenvalue weighted by atomic mass is 19.1. The summed E-state index contributed by atoms with van der Waals surface area (Å²) in [5, 5.41) is 0. The zero-order valence-corrected chi connectivity index (χ0v) is 9.10. The summed E-state index contributed by atoms with van der Waals surface area (Å²) in [5.74, 6) is 0.357. The molecule has 0 radical (unpaired) electrons. The highest BCUT2D eigenvalue weighted by molar-refractivity contribution is 5.75. The quantitative estimate of drug-likeness (QED) is 0.754. The normalized spacial score (nSPS) is 9.94. The molecule has 17 heavy (non-hydrogen) atoms. The Balaban J connectivity index is 2.01. The van der Waals surface area contributed by atoms with Gasteiger partial charge in [0, 0.05) is 5.56 Å². The number of carbonyl (C=O) groups is 1. The second kappa shape index (κ2) is 5.25. The maximum Gasteiger partial charge on any atom is 0.150 e. The van der Waals surface area contributed by atoms with Crippen LogP contribution in [0.2, 0.25) is 0 Å². The van der Waals surface area contributed by atoms with E-state index in [1.807, 2.05) is 0 Å². The summed E-state index contributed by atoms with van der Waals surface area (Å²) in [6.45, 7) is 0.350. The number of halogens is 1. The van der Waals surface area contributed by atoms with E-state index < -0.39 is 0 Å². The summed E-state index contributed by atoms with van der Waals surface area (Å²) in [5.41, 5.74) is 1.45. The first-order chi connectivity index (χ1) is 8.28. The molecule has 0 N–H and O–H groups in total. The maximum absolute atomic E-state index is 12.7. The van der Waals surface area contributed by atoms with Gasteiger partial charge in [0.05, 0.1) is 0 Å². The molecule has 3 heteroatoms. The molecule has 86 valence electrons. The van der Waals surface area contributed by atoms with Crippen LogP contribution in [-0.4, -0.2) is 6.29 Å². The highest BCUT2D eigenvalue weighted by Crippen LogP contribution is 2.14. The Labute approximate surface area is 98.7 Å². The lowest BCUT2D eigenvalue weighted by atomic mass is 10.2. The molecular formula is C14H11FO2. The summed E-state index contributed by atoms with van der Waals surface area (Å²) in [6, 6.07) is 13.0. The number of aldehydes is 1. The summed E-state index contributed by atoms with van der Waals surface area (Å²) >= 11 is 0. The fraction of sp³-hybridized carbons (Fsp3) is 0.0714. The van der Waals surface area contributed by atoms with Crippen LogP contribution in [0.1, 0.15) is 15.9 Å². The van der Waals surface area contributed by atoms with Crippen molar-refractivity contribution in [2.24, 2.45) is 0 Å². The molecule has 0 heterocycles. The van der Waals surface area contributed by atoms with E-state index in [2.05, 4.69) is 0 Å². The van der Waals surface area contributed by atoms with Crippen LogP contribution < -0.4 is 4.74 Å². The Hall–Kier alpha value is -2.16. The average Bonchev–Trinajstić information content (AvgIpc) is 2.38. The summed E-state index contributed by atoms with van der Waals surface area (Å²) in [7, 11) is 0. The lowest BCUT2D eigenvalue weighted by molar-refractivity contribution is 0.112. The molecule has 2 rings (SSSR count). The molecule has 0 spiro atoms. The van der Waals surface area contributed by atoms with Crippen LogP contribution in [0.25, 0.3) is 0 Å². The highest BCUT2D eigenvalue weighted by Gasteiger charge is 1.98. The van der Waals surface area contributed by atoms with Crippen molar-refractivity contribution < 1.29 is 13.9 Å². The van der Waals surface area contributed by atoms with Crippen LogP contribution in [0.4, 0.5) is 4.39 Å². The van der Waals surface area contributed by atoms with E-state index in [0.29, 0.717) is 17.9 Å². The molecule has 0 saturated heterocycles. The van der Waals surface area contributed by atoms with Crippen LogP contribution >= 0.6 is 0 Å². The van der Waals surface area contributed by atoms with Crippen LogP contribution in [-0.2, 0) is 6.61 Å². The van der Waals surface area contributed by atoms with Crippen LogP contribution in [0, 0.1) is 5.82 Å². The number of ether oxygens (including phenoxy) is 1. The van der Waals surface area contributed by atoms with Gasteiger partial charge in [0.2, 0.25) is 0 Å². The first-order valence-corrected chi connectivity index (χ1v) is 5.20. The van der Waals surface area contributed by atoms with Gasteiger partial charge in [0.25, 0.3) is 0 Å². The van der Waals surface area contributed by atoms with Crippen molar-refractivity contribution >= 4 is 6.29 Å². The predicted molar refractivity (Wildman–Crippen MR) is 62.6 cm³/mol. The molecule has 2 aromatic rings. The molecule has 0 bridgehead atoms. The van der Waals surface area contributed by atoms with E-state index in [9.17, 15) is 9.18 Å². The topological polar surface area (TPSA) is 26.3 Å². The smallest absolute Gasteiger partial charge is 0.150 e. The zero-order valence-electron chi connectivity index (χ0n) is 9.10. The minimum Gasteiger partial charge on any atom is -0.489 e. The van der Waals surface area contributed by atoms with E-state index >= 15 is 0 Å². The lowest BCUT2D eigenvalue weighted by Gasteiger charge is -2.06. The van der Waals surface area contributed by atoms with E-state index in [0.717, 1.165) is 11.8 Å². The molecule has 2 nitrogen and oxygen atoms in total. The molecule has 0 amide bonds. The molecule has 0 unspecified atom stereocenters. The van der Waals surface area contributed by atoms with E-state index in [4.69, 9.17) is 4.74 Å². The minimum atomic E-state index is -0.267. The number of hydrogen-bond acceptors (Lipinski definition) is 2. The van der Waals surface area contributed by atoms with Gasteiger partial charge in [-0.3, -0.25) is 4.79 Å². The van der Waals surface area contributed by atoms with Gasteiger partial charge in [-0.25, -0.2) is 4.39 Å². The molecular weight excluding hydrogens is 219 g/mol. The van der Waals surface area contributed by atoms with Crippen LogP contribution in [0.3, 0.4) is 0 Å². The lowest BCUT2D eigenvalue weighted by Crippen LogP contribution is -1.95.